The third kappa shape index (κ3) is 4.19. The fourth-order valence-electron chi connectivity index (χ4n) is 1.38. The van der Waals surface area contributed by atoms with Crippen LogP contribution in [-0.4, -0.2) is 24.4 Å². The normalized spacial score (nSPS) is 10.8. The molecule has 5 heteroatoms. The summed E-state index contributed by atoms with van der Waals surface area (Å²) in [5, 5.41) is 8.58. The van der Waals surface area contributed by atoms with Gasteiger partial charge in [0, 0.05) is 16.1 Å². The molecule has 0 amide bonds. The molecule has 0 unspecified atom stereocenters. The highest BCUT2D eigenvalue weighted by molar-refractivity contribution is 9.10. The molecule has 0 aliphatic carbocycles. The zero-order valence-electron chi connectivity index (χ0n) is 9.24. The van der Waals surface area contributed by atoms with Crippen LogP contribution in [0.4, 0.5) is 4.39 Å². The Kier molecular flexibility index (Phi) is 5.15. The zero-order valence-corrected chi connectivity index (χ0v) is 10.8. The van der Waals surface area contributed by atoms with Crippen LogP contribution in [-0.2, 0) is 4.79 Å². The molecule has 0 saturated heterocycles. The largest absolute Gasteiger partial charge is 0.490 e. The highest BCUT2D eigenvalue weighted by Crippen LogP contribution is 2.29. The van der Waals surface area contributed by atoms with Crippen molar-refractivity contribution in [2.75, 3.05) is 13.3 Å². The summed E-state index contributed by atoms with van der Waals surface area (Å²) in [6.45, 7) is 1.18. The number of aliphatic carboxylic acids is 1. The Morgan fingerprint density at radius 1 is 1.59 bits per heavy atom. The zero-order chi connectivity index (χ0) is 12.8. The Bertz CT molecular complexity index is 444. The predicted molar refractivity (Wildman–Crippen MR) is 67.0 cm³/mol. The van der Waals surface area contributed by atoms with Crippen LogP contribution >= 0.6 is 15.9 Å². The third-order valence-corrected chi connectivity index (χ3v) is 2.45. The van der Waals surface area contributed by atoms with Crippen LogP contribution in [0.3, 0.4) is 0 Å². The number of aryl methyl sites for hydroxylation is 1. The lowest BCUT2D eigenvalue weighted by atomic mass is 10.1. The average molecular weight is 303 g/mol. The van der Waals surface area contributed by atoms with Crippen LogP contribution < -0.4 is 4.74 Å². The first-order valence-corrected chi connectivity index (χ1v) is 5.74. The number of carboxylic acid groups (broad SMARTS) is 1. The second kappa shape index (κ2) is 6.39. The summed E-state index contributed by atoms with van der Waals surface area (Å²) in [7, 11) is 0. The fraction of sp³-hybridized carbons (Fsp3) is 0.250. The lowest BCUT2D eigenvalue weighted by Gasteiger charge is -2.11. The van der Waals surface area contributed by atoms with Gasteiger partial charge in [-0.3, -0.25) is 0 Å². The summed E-state index contributed by atoms with van der Waals surface area (Å²) in [5.41, 5.74) is 1.42. The minimum absolute atomic E-state index is 0.0453. The molecule has 1 aromatic rings. The van der Waals surface area contributed by atoms with Crippen molar-refractivity contribution in [1.29, 1.82) is 0 Å². The summed E-state index contributed by atoms with van der Waals surface area (Å²) in [6.07, 6.45) is 2.44. The first kappa shape index (κ1) is 13.7. The number of benzene rings is 1. The highest BCUT2D eigenvalue weighted by Gasteiger charge is 2.07. The van der Waals surface area contributed by atoms with Gasteiger partial charge in [0.15, 0.2) is 0 Å². The van der Waals surface area contributed by atoms with E-state index >= 15 is 0 Å². The van der Waals surface area contributed by atoms with Gasteiger partial charge >= 0.3 is 5.97 Å². The van der Waals surface area contributed by atoms with Gasteiger partial charge in [-0.2, -0.15) is 0 Å². The van der Waals surface area contributed by atoms with E-state index in [9.17, 15) is 9.18 Å². The van der Waals surface area contributed by atoms with Crippen molar-refractivity contribution in [3.8, 4) is 5.75 Å². The molecule has 3 nitrogen and oxygen atoms in total. The average Bonchev–Trinajstić information content (AvgIpc) is 2.24. The molecule has 1 N–H and O–H groups in total. The summed E-state index contributed by atoms with van der Waals surface area (Å²) in [5.74, 6) is -0.539. The Morgan fingerprint density at radius 3 is 2.88 bits per heavy atom. The van der Waals surface area contributed by atoms with E-state index in [2.05, 4.69) is 15.9 Å². The molecule has 0 atom stereocenters. The van der Waals surface area contributed by atoms with Crippen molar-refractivity contribution in [3.05, 3.63) is 33.8 Å². The number of carboxylic acids is 1. The van der Waals surface area contributed by atoms with Gasteiger partial charge in [-0.1, -0.05) is 15.9 Å². The van der Waals surface area contributed by atoms with Crippen molar-refractivity contribution in [2.45, 2.75) is 6.92 Å². The quantitative estimate of drug-likeness (QED) is 0.850. The van der Waals surface area contributed by atoms with E-state index < -0.39 is 12.6 Å². The van der Waals surface area contributed by atoms with E-state index in [0.29, 0.717) is 11.3 Å². The lowest BCUT2D eigenvalue weighted by molar-refractivity contribution is -0.131. The van der Waals surface area contributed by atoms with Crippen LogP contribution in [0.15, 0.2) is 22.7 Å². The van der Waals surface area contributed by atoms with E-state index in [1.807, 2.05) is 13.0 Å². The van der Waals surface area contributed by atoms with Gasteiger partial charge < -0.3 is 9.84 Å². The second-order valence-electron chi connectivity index (χ2n) is 3.35. The Labute approximate surface area is 107 Å². The molecule has 0 heterocycles. The van der Waals surface area contributed by atoms with Gasteiger partial charge in [-0.15, -0.1) is 0 Å². The van der Waals surface area contributed by atoms with Crippen molar-refractivity contribution in [3.63, 3.8) is 0 Å². The third-order valence-electron chi connectivity index (χ3n) is 2.00. The standard InChI is InChI=1S/C12H12BrFO3/c1-8-6-10(13)7-9(2-3-11(15)16)12(8)17-5-4-14/h2-3,6-7H,4-5H2,1H3,(H,15,16)/b3-2+. The smallest absolute Gasteiger partial charge is 0.328 e. The maximum Gasteiger partial charge on any atom is 0.328 e. The summed E-state index contributed by atoms with van der Waals surface area (Å²) < 4.78 is 18.2. The molecule has 0 aliphatic heterocycles. The molecule has 0 fully saturated rings. The highest BCUT2D eigenvalue weighted by atomic mass is 79.9. The van der Waals surface area contributed by atoms with Crippen LogP contribution in [0.25, 0.3) is 6.08 Å². The molecular formula is C12H12BrFO3. The molecule has 17 heavy (non-hydrogen) atoms. The lowest BCUT2D eigenvalue weighted by Crippen LogP contribution is -2.02. The Hall–Kier alpha value is -1.36. The first-order chi connectivity index (χ1) is 8.04. The fourth-order valence-corrected chi connectivity index (χ4v) is 1.97. The van der Waals surface area contributed by atoms with Crippen LogP contribution in [0.2, 0.25) is 0 Å². The number of alkyl halides is 1. The van der Waals surface area contributed by atoms with Crippen molar-refractivity contribution < 1.29 is 19.0 Å². The topological polar surface area (TPSA) is 46.5 Å². The van der Waals surface area contributed by atoms with Gasteiger partial charge in [-0.25, -0.2) is 9.18 Å². The molecule has 0 radical (unpaired) electrons. The van der Waals surface area contributed by atoms with Crippen LogP contribution in [0.1, 0.15) is 11.1 Å². The van der Waals surface area contributed by atoms with Crippen molar-refractivity contribution in [2.24, 2.45) is 0 Å². The van der Waals surface area contributed by atoms with E-state index in [0.717, 1.165) is 16.1 Å². The van der Waals surface area contributed by atoms with Crippen molar-refractivity contribution >= 4 is 28.0 Å². The van der Waals surface area contributed by atoms with E-state index in [-0.39, 0.29) is 6.61 Å². The summed E-state index contributed by atoms with van der Waals surface area (Å²) in [4.78, 5) is 10.5. The number of rotatable bonds is 5. The molecule has 1 rings (SSSR count). The minimum Gasteiger partial charge on any atom is -0.490 e. The van der Waals surface area contributed by atoms with Gasteiger partial charge in [0.2, 0.25) is 0 Å². The van der Waals surface area contributed by atoms with Gasteiger partial charge in [0.1, 0.15) is 19.0 Å². The maximum atomic E-state index is 12.1. The maximum absolute atomic E-state index is 12.1. The van der Waals surface area contributed by atoms with Gasteiger partial charge in [0.05, 0.1) is 0 Å². The number of hydrogen-bond acceptors (Lipinski definition) is 2. The molecule has 0 aromatic heterocycles. The molecule has 0 saturated carbocycles. The Balaban J connectivity index is 3.10. The van der Waals surface area contributed by atoms with Gasteiger partial charge in [-0.05, 0) is 30.7 Å². The van der Waals surface area contributed by atoms with Crippen molar-refractivity contribution in [1.82, 2.24) is 0 Å². The van der Waals surface area contributed by atoms with Crippen LogP contribution in [0, 0.1) is 6.92 Å². The van der Waals surface area contributed by atoms with Crippen LogP contribution in [0.5, 0.6) is 5.75 Å². The molecule has 0 bridgehead atoms. The summed E-state index contributed by atoms with van der Waals surface area (Å²) >= 11 is 3.31. The molecule has 0 spiro atoms. The predicted octanol–water partition coefficient (Wildman–Crippen LogP) is 3.20. The first-order valence-electron chi connectivity index (χ1n) is 4.94. The monoisotopic (exact) mass is 302 g/mol. The van der Waals surface area contributed by atoms with E-state index in [4.69, 9.17) is 9.84 Å². The second-order valence-corrected chi connectivity index (χ2v) is 4.27. The number of hydrogen-bond donors (Lipinski definition) is 1. The number of carbonyl (C=O) groups is 1. The van der Waals surface area contributed by atoms with E-state index in [1.54, 1.807) is 6.07 Å². The Morgan fingerprint density at radius 2 is 2.29 bits per heavy atom. The minimum atomic E-state index is -1.04. The number of halogens is 2. The molecule has 0 aliphatic rings. The summed E-state index contributed by atoms with van der Waals surface area (Å²) in [6, 6.07) is 3.55. The number of ether oxygens (including phenoxy) is 1. The molecule has 92 valence electrons. The van der Waals surface area contributed by atoms with E-state index in [1.165, 1.54) is 6.08 Å². The van der Waals surface area contributed by atoms with Gasteiger partial charge in [0.25, 0.3) is 0 Å². The molecular weight excluding hydrogens is 291 g/mol. The SMILES string of the molecule is Cc1cc(Br)cc(/C=C/C(=O)O)c1OCCF. The molecule has 1 aromatic carbocycles.